The van der Waals surface area contributed by atoms with Crippen LogP contribution in [0.2, 0.25) is 0 Å². The SMILES string of the molecule is CC1CCC(Nn2cccc2)c2ccccc21. The first-order valence-electron chi connectivity index (χ1n) is 6.33. The van der Waals surface area contributed by atoms with E-state index in [4.69, 9.17) is 0 Å². The number of fused-ring (bicyclic) bond motifs is 1. The zero-order chi connectivity index (χ0) is 11.7. The van der Waals surface area contributed by atoms with Gasteiger partial charge in [0.25, 0.3) is 0 Å². The Balaban J connectivity index is 1.90. The second kappa shape index (κ2) is 4.28. The molecule has 1 aliphatic rings. The summed E-state index contributed by atoms with van der Waals surface area (Å²) < 4.78 is 2.05. The summed E-state index contributed by atoms with van der Waals surface area (Å²) in [5, 5.41) is 0. The highest BCUT2D eigenvalue weighted by Gasteiger charge is 2.23. The van der Waals surface area contributed by atoms with Gasteiger partial charge in [-0.05, 0) is 42.0 Å². The lowest BCUT2D eigenvalue weighted by Gasteiger charge is -2.31. The first-order chi connectivity index (χ1) is 8.34. The van der Waals surface area contributed by atoms with Crippen molar-refractivity contribution in [2.45, 2.75) is 31.7 Å². The van der Waals surface area contributed by atoms with Crippen molar-refractivity contribution < 1.29 is 0 Å². The highest BCUT2D eigenvalue weighted by Crippen LogP contribution is 2.37. The molecule has 0 saturated carbocycles. The Kier molecular flexibility index (Phi) is 2.63. The van der Waals surface area contributed by atoms with Crippen molar-refractivity contribution in [2.75, 3.05) is 5.43 Å². The molecule has 1 aliphatic carbocycles. The van der Waals surface area contributed by atoms with E-state index in [0.717, 1.165) is 0 Å². The molecule has 3 rings (SSSR count). The van der Waals surface area contributed by atoms with E-state index in [-0.39, 0.29) is 0 Å². The fourth-order valence-electron chi connectivity index (χ4n) is 2.74. The molecule has 0 fully saturated rings. The van der Waals surface area contributed by atoms with Crippen molar-refractivity contribution in [3.05, 3.63) is 59.9 Å². The van der Waals surface area contributed by atoms with Gasteiger partial charge in [0.1, 0.15) is 0 Å². The second-order valence-electron chi connectivity index (χ2n) is 4.88. The molecule has 0 amide bonds. The van der Waals surface area contributed by atoms with Gasteiger partial charge in [0, 0.05) is 12.4 Å². The molecular formula is C15H18N2. The molecule has 1 aromatic carbocycles. The van der Waals surface area contributed by atoms with Crippen molar-refractivity contribution in [1.29, 1.82) is 0 Å². The third-order valence-electron chi connectivity index (χ3n) is 3.70. The Morgan fingerprint density at radius 2 is 1.71 bits per heavy atom. The van der Waals surface area contributed by atoms with Crippen molar-refractivity contribution in [2.24, 2.45) is 0 Å². The zero-order valence-electron chi connectivity index (χ0n) is 10.1. The largest absolute Gasteiger partial charge is 0.319 e. The molecule has 0 saturated heterocycles. The van der Waals surface area contributed by atoms with Crippen LogP contribution >= 0.6 is 0 Å². The zero-order valence-corrected chi connectivity index (χ0v) is 10.1. The Morgan fingerprint density at radius 1 is 1.00 bits per heavy atom. The van der Waals surface area contributed by atoms with E-state index in [9.17, 15) is 0 Å². The Labute approximate surface area is 102 Å². The van der Waals surface area contributed by atoms with Gasteiger partial charge in [-0.3, -0.25) is 4.68 Å². The number of rotatable bonds is 2. The summed E-state index contributed by atoms with van der Waals surface area (Å²) >= 11 is 0. The predicted molar refractivity (Wildman–Crippen MR) is 70.6 cm³/mol. The number of nitrogens with zero attached hydrogens (tertiary/aromatic N) is 1. The molecule has 0 bridgehead atoms. The van der Waals surface area contributed by atoms with Crippen LogP contribution in [0.3, 0.4) is 0 Å². The van der Waals surface area contributed by atoms with E-state index >= 15 is 0 Å². The van der Waals surface area contributed by atoms with Crippen LogP contribution in [0.5, 0.6) is 0 Å². The van der Waals surface area contributed by atoms with Crippen molar-refractivity contribution in [3.63, 3.8) is 0 Å². The van der Waals surface area contributed by atoms with Gasteiger partial charge in [-0.1, -0.05) is 31.2 Å². The number of hydrogen-bond acceptors (Lipinski definition) is 1. The normalized spacial score (nSPS) is 23.1. The maximum absolute atomic E-state index is 3.55. The van der Waals surface area contributed by atoms with Crippen LogP contribution in [0, 0.1) is 0 Å². The monoisotopic (exact) mass is 226 g/mol. The molecule has 0 aliphatic heterocycles. The molecule has 0 radical (unpaired) electrons. The van der Waals surface area contributed by atoms with Crippen molar-refractivity contribution in [1.82, 2.24) is 4.68 Å². The predicted octanol–water partition coefficient (Wildman–Crippen LogP) is 3.67. The molecule has 2 unspecified atom stereocenters. The van der Waals surface area contributed by atoms with E-state index < -0.39 is 0 Å². The smallest absolute Gasteiger partial charge is 0.0676 e. The van der Waals surface area contributed by atoms with Crippen LogP contribution in [0.25, 0.3) is 0 Å². The second-order valence-corrected chi connectivity index (χ2v) is 4.88. The minimum atomic E-state index is 0.440. The highest BCUT2D eigenvalue weighted by molar-refractivity contribution is 5.36. The van der Waals surface area contributed by atoms with Gasteiger partial charge in [0.05, 0.1) is 6.04 Å². The maximum Gasteiger partial charge on any atom is 0.0676 e. The average molecular weight is 226 g/mol. The molecule has 17 heavy (non-hydrogen) atoms. The molecule has 2 aromatic rings. The third kappa shape index (κ3) is 1.95. The molecule has 1 heterocycles. The van der Waals surface area contributed by atoms with E-state index in [1.54, 1.807) is 0 Å². The highest BCUT2D eigenvalue weighted by atomic mass is 15.4. The number of nitrogens with one attached hydrogen (secondary N) is 1. The van der Waals surface area contributed by atoms with Crippen LogP contribution in [0.4, 0.5) is 0 Å². The van der Waals surface area contributed by atoms with Gasteiger partial charge in [0.2, 0.25) is 0 Å². The van der Waals surface area contributed by atoms with Crippen LogP contribution in [-0.2, 0) is 0 Å². The Hall–Kier alpha value is -1.70. The van der Waals surface area contributed by atoms with E-state index in [2.05, 4.69) is 53.7 Å². The lowest BCUT2D eigenvalue weighted by atomic mass is 9.81. The van der Waals surface area contributed by atoms with Gasteiger partial charge < -0.3 is 5.43 Å². The lowest BCUT2D eigenvalue weighted by molar-refractivity contribution is 0.506. The molecule has 1 aromatic heterocycles. The third-order valence-corrected chi connectivity index (χ3v) is 3.70. The van der Waals surface area contributed by atoms with Gasteiger partial charge >= 0.3 is 0 Å². The quantitative estimate of drug-likeness (QED) is 0.826. The summed E-state index contributed by atoms with van der Waals surface area (Å²) in [6.07, 6.45) is 6.58. The first kappa shape index (κ1) is 10.5. The molecule has 0 spiro atoms. The minimum absolute atomic E-state index is 0.440. The van der Waals surface area contributed by atoms with Crippen molar-refractivity contribution >= 4 is 0 Å². The number of benzene rings is 1. The van der Waals surface area contributed by atoms with Crippen LogP contribution in [0.1, 0.15) is 42.9 Å². The van der Waals surface area contributed by atoms with Gasteiger partial charge in [-0.25, -0.2) is 0 Å². The Morgan fingerprint density at radius 3 is 2.47 bits per heavy atom. The van der Waals surface area contributed by atoms with Gasteiger partial charge in [-0.2, -0.15) is 0 Å². The summed E-state index contributed by atoms with van der Waals surface area (Å²) in [6.45, 7) is 2.32. The topological polar surface area (TPSA) is 17.0 Å². The summed E-state index contributed by atoms with van der Waals surface area (Å²) in [7, 11) is 0. The molecular weight excluding hydrogens is 208 g/mol. The summed E-state index contributed by atoms with van der Waals surface area (Å²) in [4.78, 5) is 0. The molecule has 2 nitrogen and oxygen atoms in total. The van der Waals surface area contributed by atoms with Crippen LogP contribution in [-0.4, -0.2) is 4.68 Å². The van der Waals surface area contributed by atoms with E-state index in [0.29, 0.717) is 12.0 Å². The molecule has 88 valence electrons. The first-order valence-corrected chi connectivity index (χ1v) is 6.33. The molecule has 2 atom stereocenters. The maximum atomic E-state index is 3.55. The molecule has 1 N–H and O–H groups in total. The average Bonchev–Trinajstić information content (AvgIpc) is 2.86. The summed E-state index contributed by atoms with van der Waals surface area (Å²) in [6, 6.07) is 13.3. The van der Waals surface area contributed by atoms with Crippen molar-refractivity contribution in [3.8, 4) is 0 Å². The Bertz CT molecular complexity index is 487. The summed E-state index contributed by atoms with van der Waals surface area (Å²) in [5.74, 6) is 0.689. The lowest BCUT2D eigenvalue weighted by Crippen LogP contribution is -2.24. The summed E-state index contributed by atoms with van der Waals surface area (Å²) in [5.41, 5.74) is 6.52. The van der Waals surface area contributed by atoms with E-state index in [1.165, 1.54) is 24.0 Å². The number of hydrogen-bond donors (Lipinski definition) is 1. The van der Waals surface area contributed by atoms with E-state index in [1.807, 2.05) is 12.1 Å². The van der Waals surface area contributed by atoms with Gasteiger partial charge in [0.15, 0.2) is 0 Å². The fourth-order valence-corrected chi connectivity index (χ4v) is 2.74. The van der Waals surface area contributed by atoms with Gasteiger partial charge in [-0.15, -0.1) is 0 Å². The van der Waals surface area contributed by atoms with Crippen LogP contribution < -0.4 is 5.43 Å². The standard InChI is InChI=1S/C15H18N2/c1-12-8-9-15(16-17-10-4-5-11-17)14-7-3-2-6-13(12)14/h2-7,10-12,15-16H,8-9H2,1H3. The van der Waals surface area contributed by atoms with Crippen LogP contribution in [0.15, 0.2) is 48.8 Å². The molecule has 2 heteroatoms. The minimum Gasteiger partial charge on any atom is -0.319 e. The fraction of sp³-hybridized carbons (Fsp3) is 0.333. The number of aromatic nitrogens is 1.